The van der Waals surface area contributed by atoms with Gasteiger partial charge in [-0.2, -0.15) is 0 Å². The molecule has 0 saturated carbocycles. The Hall–Kier alpha value is -1.55. The standard InChI is InChI=1S/C21H27BrN2O/c1-14(2)8-10-21-13-19(25)23(5)20(21)24(11-9-15(3)4)18-12-16(22)6-7-17(18)21/h6-9,12,20H,10-11,13H2,1-5H3/t20-,21+/m1/s1. The van der Waals surface area contributed by atoms with E-state index < -0.39 is 0 Å². The second-order valence-electron chi connectivity index (χ2n) is 7.79. The van der Waals surface area contributed by atoms with E-state index in [9.17, 15) is 4.79 Å². The van der Waals surface area contributed by atoms with Crippen LogP contribution in [0.4, 0.5) is 5.69 Å². The van der Waals surface area contributed by atoms with E-state index in [4.69, 9.17) is 0 Å². The van der Waals surface area contributed by atoms with Crippen molar-refractivity contribution in [3.8, 4) is 0 Å². The second-order valence-corrected chi connectivity index (χ2v) is 8.71. The third-order valence-corrected chi connectivity index (χ3v) is 5.89. The predicted octanol–water partition coefficient (Wildman–Crippen LogP) is 5.02. The fourth-order valence-corrected chi connectivity index (χ4v) is 4.53. The highest BCUT2D eigenvalue weighted by atomic mass is 79.9. The fraction of sp³-hybridized carbons (Fsp3) is 0.476. The summed E-state index contributed by atoms with van der Waals surface area (Å²) in [7, 11) is 1.95. The summed E-state index contributed by atoms with van der Waals surface area (Å²) in [6.07, 6.45) is 6.09. The Kier molecular flexibility index (Phi) is 4.84. The van der Waals surface area contributed by atoms with Crippen LogP contribution in [0.2, 0.25) is 0 Å². The number of likely N-dealkylation sites (N-methyl/N-ethyl adjacent to an activating group) is 1. The van der Waals surface area contributed by atoms with Crippen molar-refractivity contribution in [2.24, 2.45) is 0 Å². The Labute approximate surface area is 159 Å². The SMILES string of the molecule is CC(C)=CCN1c2cc(Br)ccc2[C@]2(CC=C(C)C)CC(=O)N(C)[C@H]12. The molecule has 2 aliphatic heterocycles. The van der Waals surface area contributed by atoms with Gasteiger partial charge in [-0.3, -0.25) is 4.79 Å². The van der Waals surface area contributed by atoms with E-state index in [0.29, 0.717) is 6.42 Å². The lowest BCUT2D eigenvalue weighted by molar-refractivity contribution is -0.127. The van der Waals surface area contributed by atoms with E-state index in [1.165, 1.54) is 22.4 Å². The predicted molar refractivity (Wildman–Crippen MR) is 108 cm³/mol. The smallest absolute Gasteiger partial charge is 0.225 e. The molecule has 4 heteroatoms. The molecule has 1 aromatic rings. The molecule has 0 aromatic heterocycles. The fourth-order valence-electron chi connectivity index (χ4n) is 4.18. The van der Waals surface area contributed by atoms with Crippen LogP contribution in [0.25, 0.3) is 0 Å². The molecule has 2 aliphatic rings. The Morgan fingerprint density at radius 2 is 1.92 bits per heavy atom. The third-order valence-electron chi connectivity index (χ3n) is 5.39. The minimum atomic E-state index is -0.158. The molecule has 3 nitrogen and oxygen atoms in total. The molecule has 0 bridgehead atoms. The van der Waals surface area contributed by atoms with Gasteiger partial charge in [0.1, 0.15) is 6.17 Å². The Morgan fingerprint density at radius 1 is 1.24 bits per heavy atom. The molecule has 2 heterocycles. The molecule has 1 fully saturated rings. The Bertz CT molecular complexity index is 759. The van der Waals surface area contributed by atoms with E-state index in [-0.39, 0.29) is 17.5 Å². The molecule has 134 valence electrons. The van der Waals surface area contributed by atoms with Crippen molar-refractivity contribution >= 4 is 27.5 Å². The summed E-state index contributed by atoms with van der Waals surface area (Å²) >= 11 is 3.62. The molecule has 1 amide bonds. The molecular weight excluding hydrogens is 376 g/mol. The summed E-state index contributed by atoms with van der Waals surface area (Å²) in [6.45, 7) is 9.33. The van der Waals surface area contributed by atoms with Crippen molar-refractivity contribution in [1.29, 1.82) is 0 Å². The summed E-state index contributed by atoms with van der Waals surface area (Å²) in [5.74, 6) is 0.239. The van der Waals surface area contributed by atoms with Crippen LogP contribution in [0.1, 0.15) is 46.1 Å². The molecule has 0 aliphatic carbocycles. The van der Waals surface area contributed by atoms with Gasteiger partial charge in [0.2, 0.25) is 5.91 Å². The first kappa shape index (κ1) is 18.2. The summed E-state index contributed by atoms with van der Waals surface area (Å²) in [6, 6.07) is 6.52. The molecule has 25 heavy (non-hydrogen) atoms. The van der Waals surface area contributed by atoms with Gasteiger partial charge in [0.05, 0.1) is 0 Å². The Balaban J connectivity index is 2.16. The van der Waals surface area contributed by atoms with E-state index in [2.05, 4.69) is 78.9 Å². The molecule has 0 unspecified atom stereocenters. The van der Waals surface area contributed by atoms with Gasteiger partial charge in [-0.25, -0.2) is 0 Å². The maximum atomic E-state index is 12.7. The van der Waals surface area contributed by atoms with Gasteiger partial charge in [-0.05, 0) is 51.8 Å². The van der Waals surface area contributed by atoms with Crippen LogP contribution in [0, 0.1) is 0 Å². The molecule has 1 saturated heterocycles. The van der Waals surface area contributed by atoms with Gasteiger partial charge in [0, 0.05) is 35.6 Å². The molecule has 0 radical (unpaired) electrons. The number of hydrogen-bond acceptors (Lipinski definition) is 2. The largest absolute Gasteiger partial charge is 0.346 e. The number of anilines is 1. The average Bonchev–Trinajstić information content (AvgIpc) is 2.93. The van der Waals surface area contributed by atoms with E-state index in [0.717, 1.165) is 17.4 Å². The van der Waals surface area contributed by atoms with Crippen molar-refractivity contribution in [2.75, 3.05) is 18.5 Å². The Morgan fingerprint density at radius 3 is 2.56 bits per heavy atom. The first-order chi connectivity index (χ1) is 11.8. The monoisotopic (exact) mass is 402 g/mol. The zero-order chi connectivity index (χ0) is 18.4. The van der Waals surface area contributed by atoms with Crippen LogP contribution in [-0.2, 0) is 10.2 Å². The van der Waals surface area contributed by atoms with Gasteiger partial charge in [0.25, 0.3) is 0 Å². The zero-order valence-electron chi connectivity index (χ0n) is 15.8. The number of halogens is 1. The maximum Gasteiger partial charge on any atom is 0.225 e. The lowest BCUT2D eigenvalue weighted by Crippen LogP contribution is -2.49. The van der Waals surface area contributed by atoms with Crippen molar-refractivity contribution in [1.82, 2.24) is 4.90 Å². The minimum Gasteiger partial charge on any atom is -0.346 e. The number of fused-ring (bicyclic) bond motifs is 3. The number of rotatable bonds is 4. The molecule has 2 atom stereocenters. The number of nitrogens with zero attached hydrogens (tertiary/aromatic N) is 2. The number of amides is 1. The van der Waals surface area contributed by atoms with Gasteiger partial charge < -0.3 is 9.80 Å². The van der Waals surface area contributed by atoms with E-state index in [1.54, 1.807) is 0 Å². The molecule has 0 N–H and O–H groups in total. The van der Waals surface area contributed by atoms with Crippen molar-refractivity contribution < 1.29 is 4.79 Å². The van der Waals surface area contributed by atoms with Crippen molar-refractivity contribution in [2.45, 2.75) is 52.1 Å². The normalized spacial score (nSPS) is 24.2. The van der Waals surface area contributed by atoms with E-state index >= 15 is 0 Å². The third kappa shape index (κ3) is 3.05. The number of carbonyl (C=O) groups excluding carboxylic acids is 1. The topological polar surface area (TPSA) is 23.6 Å². The lowest BCUT2D eigenvalue weighted by Gasteiger charge is -2.36. The molecular formula is C21H27BrN2O. The number of hydrogen-bond donors (Lipinski definition) is 0. The molecule has 3 rings (SSSR count). The summed E-state index contributed by atoms with van der Waals surface area (Å²) in [5, 5.41) is 0. The first-order valence-electron chi connectivity index (χ1n) is 8.85. The first-order valence-corrected chi connectivity index (χ1v) is 9.64. The van der Waals surface area contributed by atoms with Gasteiger partial charge in [0.15, 0.2) is 0 Å². The molecule has 0 spiro atoms. The highest BCUT2D eigenvalue weighted by Crippen LogP contribution is 2.54. The highest BCUT2D eigenvalue weighted by Gasteiger charge is 2.58. The van der Waals surface area contributed by atoms with Crippen molar-refractivity contribution in [3.63, 3.8) is 0 Å². The van der Waals surface area contributed by atoms with Crippen molar-refractivity contribution in [3.05, 3.63) is 51.5 Å². The van der Waals surface area contributed by atoms with Crippen LogP contribution in [0.15, 0.2) is 46.0 Å². The van der Waals surface area contributed by atoms with Gasteiger partial charge in [-0.15, -0.1) is 0 Å². The number of allylic oxidation sites excluding steroid dienone is 3. The van der Waals surface area contributed by atoms with Crippen LogP contribution in [0.3, 0.4) is 0 Å². The lowest BCUT2D eigenvalue weighted by atomic mass is 9.76. The van der Waals surface area contributed by atoms with E-state index in [1.807, 2.05) is 11.9 Å². The van der Waals surface area contributed by atoms with Crippen LogP contribution >= 0.6 is 15.9 Å². The summed E-state index contributed by atoms with van der Waals surface area (Å²) < 4.78 is 1.08. The number of likely N-dealkylation sites (tertiary alicyclic amines) is 1. The van der Waals surface area contributed by atoms with Gasteiger partial charge in [-0.1, -0.05) is 45.3 Å². The minimum absolute atomic E-state index is 0.0792. The zero-order valence-corrected chi connectivity index (χ0v) is 17.4. The maximum absolute atomic E-state index is 12.7. The summed E-state index contributed by atoms with van der Waals surface area (Å²) in [4.78, 5) is 17.0. The number of carbonyl (C=O) groups is 1. The average molecular weight is 403 g/mol. The quantitative estimate of drug-likeness (QED) is 0.660. The van der Waals surface area contributed by atoms with Gasteiger partial charge >= 0.3 is 0 Å². The number of benzene rings is 1. The van der Waals surface area contributed by atoms with Crippen LogP contribution in [-0.4, -0.2) is 30.6 Å². The van der Waals surface area contributed by atoms with Crippen LogP contribution in [0.5, 0.6) is 0 Å². The second kappa shape index (κ2) is 6.64. The highest BCUT2D eigenvalue weighted by molar-refractivity contribution is 9.10. The summed E-state index contributed by atoms with van der Waals surface area (Å²) in [5.41, 5.74) is 4.99. The van der Waals surface area contributed by atoms with Crippen LogP contribution < -0.4 is 4.90 Å². The molecule has 1 aromatic carbocycles.